The van der Waals surface area contributed by atoms with Gasteiger partial charge >= 0.3 is 5.97 Å². The first-order valence-corrected chi connectivity index (χ1v) is 11.9. The molecular formula is C28H27N3O4. The first-order chi connectivity index (χ1) is 17.1. The van der Waals surface area contributed by atoms with E-state index in [1.165, 1.54) is 18.3 Å². The molecule has 0 aliphatic heterocycles. The zero-order valence-corrected chi connectivity index (χ0v) is 19.5. The van der Waals surface area contributed by atoms with Crippen molar-refractivity contribution in [3.05, 3.63) is 72.6 Å². The van der Waals surface area contributed by atoms with Gasteiger partial charge in [0.05, 0.1) is 5.39 Å². The zero-order chi connectivity index (χ0) is 24.2. The fourth-order valence-corrected chi connectivity index (χ4v) is 4.56. The van der Waals surface area contributed by atoms with Crippen LogP contribution in [0.1, 0.15) is 38.2 Å². The number of furan rings is 1. The van der Waals surface area contributed by atoms with Crippen LogP contribution < -0.4 is 10.1 Å². The lowest BCUT2D eigenvalue weighted by Gasteiger charge is -2.21. The largest absolute Gasteiger partial charge is 0.482 e. The molecule has 2 heterocycles. The van der Waals surface area contributed by atoms with Crippen LogP contribution in [0.25, 0.3) is 28.0 Å². The number of nitrogens with one attached hydrogen (secondary N) is 1. The zero-order valence-electron chi connectivity index (χ0n) is 19.5. The van der Waals surface area contributed by atoms with E-state index in [0.717, 1.165) is 47.2 Å². The van der Waals surface area contributed by atoms with Crippen molar-refractivity contribution in [2.24, 2.45) is 5.92 Å². The SMILES string of the molecule is CCC1CC=C(c2c(-c3ccccc3)oc3ncnc(Nc4cccc(OCC(=O)O)c4)c23)CC1. The van der Waals surface area contributed by atoms with Crippen molar-refractivity contribution in [2.45, 2.75) is 32.6 Å². The van der Waals surface area contributed by atoms with Gasteiger partial charge in [-0.15, -0.1) is 0 Å². The number of fused-ring (bicyclic) bond motifs is 1. The van der Waals surface area contributed by atoms with Crippen LogP contribution in [-0.2, 0) is 4.79 Å². The van der Waals surface area contributed by atoms with Gasteiger partial charge < -0.3 is 19.6 Å². The smallest absolute Gasteiger partial charge is 0.341 e. The van der Waals surface area contributed by atoms with E-state index in [-0.39, 0.29) is 0 Å². The fourth-order valence-electron chi connectivity index (χ4n) is 4.56. The summed E-state index contributed by atoms with van der Waals surface area (Å²) < 4.78 is 11.7. The molecule has 178 valence electrons. The van der Waals surface area contributed by atoms with Gasteiger partial charge in [-0.1, -0.05) is 55.8 Å². The van der Waals surface area contributed by atoms with Gasteiger partial charge in [-0.2, -0.15) is 0 Å². The highest BCUT2D eigenvalue weighted by molar-refractivity contribution is 6.03. The van der Waals surface area contributed by atoms with Crippen LogP contribution in [0.3, 0.4) is 0 Å². The van der Waals surface area contributed by atoms with Crippen molar-refractivity contribution in [1.82, 2.24) is 9.97 Å². The molecule has 2 N–H and O–H groups in total. The number of allylic oxidation sites excluding steroid dienone is 2. The van der Waals surface area contributed by atoms with Crippen molar-refractivity contribution in [3.8, 4) is 17.1 Å². The highest BCUT2D eigenvalue weighted by Crippen LogP contribution is 2.44. The van der Waals surface area contributed by atoms with E-state index in [1.54, 1.807) is 18.2 Å². The number of anilines is 2. The summed E-state index contributed by atoms with van der Waals surface area (Å²) in [5, 5.41) is 13.1. The maximum atomic E-state index is 10.9. The maximum Gasteiger partial charge on any atom is 0.341 e. The Balaban J connectivity index is 1.60. The summed E-state index contributed by atoms with van der Waals surface area (Å²) in [5.74, 6) is 1.57. The van der Waals surface area contributed by atoms with E-state index >= 15 is 0 Å². The Labute approximate surface area is 203 Å². The average Bonchev–Trinajstić information content (AvgIpc) is 3.29. The van der Waals surface area contributed by atoms with Crippen molar-refractivity contribution >= 4 is 34.1 Å². The Morgan fingerprint density at radius 2 is 2.03 bits per heavy atom. The highest BCUT2D eigenvalue weighted by atomic mass is 16.5. The monoisotopic (exact) mass is 469 g/mol. The van der Waals surface area contributed by atoms with Crippen LogP contribution in [0.4, 0.5) is 11.5 Å². The highest BCUT2D eigenvalue weighted by Gasteiger charge is 2.25. The second kappa shape index (κ2) is 10.0. The maximum absolute atomic E-state index is 10.9. The van der Waals surface area contributed by atoms with Gasteiger partial charge in [-0.05, 0) is 42.9 Å². The van der Waals surface area contributed by atoms with Crippen LogP contribution in [0.15, 0.2) is 71.4 Å². The number of hydrogen-bond acceptors (Lipinski definition) is 6. The number of benzene rings is 2. The molecule has 1 unspecified atom stereocenters. The minimum atomic E-state index is -1.02. The van der Waals surface area contributed by atoms with Crippen LogP contribution in [0.2, 0.25) is 0 Å². The number of hydrogen-bond donors (Lipinski definition) is 2. The third-order valence-electron chi connectivity index (χ3n) is 6.40. The molecule has 2 aromatic heterocycles. The molecule has 0 radical (unpaired) electrons. The Morgan fingerprint density at radius 3 is 2.77 bits per heavy atom. The Bertz CT molecular complexity index is 1380. The lowest BCUT2D eigenvalue weighted by Crippen LogP contribution is -2.09. The molecule has 1 aliphatic rings. The summed E-state index contributed by atoms with van der Waals surface area (Å²) in [7, 11) is 0. The third-order valence-corrected chi connectivity index (χ3v) is 6.40. The normalized spacial score (nSPS) is 15.6. The molecule has 7 heteroatoms. The number of carboxylic acids is 1. The van der Waals surface area contributed by atoms with Gasteiger partial charge in [0.2, 0.25) is 5.71 Å². The molecule has 5 rings (SSSR count). The number of carboxylic acid groups (broad SMARTS) is 1. The van der Waals surface area contributed by atoms with Crippen molar-refractivity contribution in [1.29, 1.82) is 0 Å². The lowest BCUT2D eigenvalue weighted by molar-refractivity contribution is -0.139. The third kappa shape index (κ3) is 4.89. The molecule has 1 aliphatic carbocycles. The summed E-state index contributed by atoms with van der Waals surface area (Å²) in [5.41, 5.74) is 4.53. The summed E-state index contributed by atoms with van der Waals surface area (Å²) in [6, 6.07) is 17.2. The lowest BCUT2D eigenvalue weighted by atomic mass is 9.84. The number of aliphatic carboxylic acids is 1. The second-order valence-corrected chi connectivity index (χ2v) is 8.69. The minimum absolute atomic E-state index is 0.402. The number of rotatable bonds is 8. The van der Waals surface area contributed by atoms with Crippen LogP contribution in [0.5, 0.6) is 5.75 Å². The molecule has 0 amide bonds. The number of ether oxygens (including phenoxy) is 1. The Morgan fingerprint density at radius 1 is 1.17 bits per heavy atom. The average molecular weight is 470 g/mol. The molecule has 0 spiro atoms. The number of carbonyl (C=O) groups is 1. The molecule has 0 fully saturated rings. The number of nitrogens with zero attached hydrogens (tertiary/aromatic N) is 2. The number of aromatic nitrogens is 2. The van der Waals surface area contributed by atoms with Gasteiger partial charge in [0.1, 0.15) is 23.7 Å². The Kier molecular flexibility index (Phi) is 6.48. The molecule has 35 heavy (non-hydrogen) atoms. The van der Waals surface area contributed by atoms with Crippen LogP contribution in [0, 0.1) is 5.92 Å². The topological polar surface area (TPSA) is 97.5 Å². The molecule has 4 aromatic rings. The van der Waals surface area contributed by atoms with Gasteiger partial charge in [-0.3, -0.25) is 0 Å². The molecule has 0 bridgehead atoms. The summed E-state index contributed by atoms with van der Waals surface area (Å²) in [6.45, 7) is 1.84. The van der Waals surface area contributed by atoms with E-state index in [1.807, 2.05) is 36.4 Å². The second-order valence-electron chi connectivity index (χ2n) is 8.69. The van der Waals surface area contributed by atoms with Crippen molar-refractivity contribution < 1.29 is 19.1 Å². The van der Waals surface area contributed by atoms with Gasteiger partial charge in [0.15, 0.2) is 6.61 Å². The minimum Gasteiger partial charge on any atom is -0.482 e. The molecular weight excluding hydrogens is 442 g/mol. The summed E-state index contributed by atoms with van der Waals surface area (Å²) in [4.78, 5) is 19.9. The Hall–Kier alpha value is -4.13. The molecule has 7 nitrogen and oxygen atoms in total. The standard InChI is InChI=1S/C28H27N3O4/c1-2-18-11-13-19(14-12-18)24-25-27(31-21-9-6-10-22(15-21)34-16-23(32)33)29-17-30-28(25)35-26(24)20-7-4-3-5-8-20/h3-10,13,15,17-18H,2,11-12,14,16H2,1H3,(H,32,33)(H,29,30,31). The quantitative estimate of drug-likeness (QED) is 0.297. The fraction of sp³-hybridized carbons (Fsp3) is 0.250. The molecule has 1 atom stereocenters. The van der Waals surface area contributed by atoms with Gasteiger partial charge in [-0.25, -0.2) is 14.8 Å². The van der Waals surface area contributed by atoms with E-state index in [4.69, 9.17) is 14.3 Å². The van der Waals surface area contributed by atoms with E-state index in [0.29, 0.717) is 23.2 Å². The van der Waals surface area contributed by atoms with Crippen molar-refractivity contribution in [3.63, 3.8) is 0 Å². The predicted octanol–water partition coefficient (Wildman–Crippen LogP) is 6.69. The first-order valence-electron chi connectivity index (χ1n) is 11.9. The first kappa shape index (κ1) is 22.7. The van der Waals surface area contributed by atoms with E-state index in [9.17, 15) is 4.79 Å². The van der Waals surface area contributed by atoms with Gasteiger partial charge in [0.25, 0.3) is 0 Å². The molecule has 0 saturated heterocycles. The molecule has 0 saturated carbocycles. The van der Waals surface area contributed by atoms with Gasteiger partial charge in [0, 0.05) is 22.9 Å². The van der Waals surface area contributed by atoms with E-state index in [2.05, 4.69) is 28.3 Å². The summed E-state index contributed by atoms with van der Waals surface area (Å²) >= 11 is 0. The van der Waals surface area contributed by atoms with E-state index < -0.39 is 12.6 Å². The predicted molar refractivity (Wildman–Crippen MR) is 136 cm³/mol. The molecule has 2 aromatic carbocycles. The van der Waals surface area contributed by atoms with Crippen molar-refractivity contribution in [2.75, 3.05) is 11.9 Å². The summed E-state index contributed by atoms with van der Waals surface area (Å²) in [6.07, 6.45) is 8.16. The van der Waals surface area contributed by atoms with Crippen LogP contribution in [-0.4, -0.2) is 27.7 Å². The van der Waals surface area contributed by atoms with Crippen LogP contribution >= 0.6 is 0 Å².